The van der Waals surface area contributed by atoms with E-state index in [0.29, 0.717) is 62.8 Å². The predicted octanol–water partition coefficient (Wildman–Crippen LogP) is 4.40. The van der Waals surface area contributed by atoms with Gasteiger partial charge in [0.15, 0.2) is 11.6 Å². The molecule has 216 valence electrons. The molecule has 0 bridgehead atoms. The van der Waals surface area contributed by atoms with Crippen LogP contribution in [0.25, 0.3) is 11.0 Å². The standard InChI is InChI=1S/C28H32F2N8O3/c1-16(2)24-34-28(41-35-24)36-10-7-18(8-11-36)38-14-21(30)23-25(31-15-32-26(23)38)33-22-6-5-17(12-20(22)29)27(40)37-9-3-4-19(39)13-37/h5-6,12,14-16,18-19,39H,3-4,7-11,13H2,1-2H3,(H,31,32,33)/t19-/m1/s1. The van der Waals surface area contributed by atoms with Crippen molar-refractivity contribution in [2.45, 2.75) is 57.6 Å². The minimum atomic E-state index is -0.672. The summed E-state index contributed by atoms with van der Waals surface area (Å²) in [5.41, 5.74) is 0.648. The highest BCUT2D eigenvalue weighted by molar-refractivity contribution is 5.95. The molecule has 2 fully saturated rings. The molecule has 2 aliphatic rings. The van der Waals surface area contributed by atoms with Gasteiger partial charge in [0.1, 0.15) is 23.6 Å². The number of likely N-dealkylation sites (tertiary alicyclic amines) is 1. The fourth-order valence-corrected chi connectivity index (χ4v) is 5.54. The fourth-order valence-electron chi connectivity index (χ4n) is 5.54. The van der Waals surface area contributed by atoms with Crippen LogP contribution in [0, 0.1) is 11.6 Å². The van der Waals surface area contributed by atoms with Gasteiger partial charge in [-0.1, -0.05) is 19.0 Å². The summed E-state index contributed by atoms with van der Waals surface area (Å²) in [5, 5.41) is 17.0. The van der Waals surface area contributed by atoms with Gasteiger partial charge < -0.3 is 29.3 Å². The molecule has 0 spiro atoms. The lowest BCUT2D eigenvalue weighted by Gasteiger charge is -2.31. The summed E-state index contributed by atoms with van der Waals surface area (Å²) >= 11 is 0. The van der Waals surface area contributed by atoms with E-state index >= 15 is 8.78 Å². The summed E-state index contributed by atoms with van der Waals surface area (Å²) in [7, 11) is 0. The van der Waals surface area contributed by atoms with Crippen LogP contribution in [0.4, 0.5) is 26.3 Å². The minimum Gasteiger partial charge on any atom is -0.391 e. The molecule has 1 aromatic carbocycles. The quantitative estimate of drug-likeness (QED) is 0.349. The number of carbonyl (C=O) groups excluding carboxylic acids is 1. The molecule has 2 saturated heterocycles. The van der Waals surface area contributed by atoms with Crippen LogP contribution in [0.5, 0.6) is 0 Å². The van der Waals surface area contributed by atoms with Gasteiger partial charge in [-0.3, -0.25) is 4.79 Å². The number of anilines is 3. The zero-order valence-electron chi connectivity index (χ0n) is 22.9. The maximum Gasteiger partial charge on any atom is 0.324 e. The van der Waals surface area contributed by atoms with Crippen molar-refractivity contribution < 1.29 is 23.2 Å². The van der Waals surface area contributed by atoms with E-state index in [4.69, 9.17) is 4.52 Å². The van der Waals surface area contributed by atoms with Crippen molar-refractivity contribution >= 4 is 34.5 Å². The summed E-state index contributed by atoms with van der Waals surface area (Å²) in [6.45, 7) is 6.08. The third-order valence-corrected chi connectivity index (χ3v) is 7.79. The van der Waals surface area contributed by atoms with Crippen molar-refractivity contribution in [3.05, 3.63) is 53.7 Å². The smallest absolute Gasteiger partial charge is 0.324 e. The number of amides is 1. The van der Waals surface area contributed by atoms with Gasteiger partial charge in [0.25, 0.3) is 5.91 Å². The second-order valence-electron chi connectivity index (χ2n) is 11.0. The lowest BCUT2D eigenvalue weighted by Crippen LogP contribution is -2.42. The zero-order chi connectivity index (χ0) is 28.7. The normalized spacial score (nSPS) is 18.4. The number of fused-ring (bicyclic) bond motifs is 1. The second kappa shape index (κ2) is 11.0. The number of nitrogens with zero attached hydrogens (tertiary/aromatic N) is 7. The van der Waals surface area contributed by atoms with Gasteiger partial charge in [0.05, 0.1) is 17.2 Å². The van der Waals surface area contributed by atoms with Crippen molar-refractivity contribution in [2.24, 2.45) is 0 Å². The summed E-state index contributed by atoms with van der Waals surface area (Å²) in [5.74, 6) is -0.559. The molecule has 0 saturated carbocycles. The van der Waals surface area contributed by atoms with E-state index in [1.54, 1.807) is 0 Å². The Hall–Kier alpha value is -4.13. The number of aromatic nitrogens is 5. The van der Waals surface area contributed by atoms with E-state index < -0.39 is 17.7 Å². The number of aliphatic hydroxyl groups excluding tert-OH is 1. The van der Waals surface area contributed by atoms with Gasteiger partial charge in [-0.15, -0.1) is 0 Å². The van der Waals surface area contributed by atoms with Crippen LogP contribution in [-0.2, 0) is 0 Å². The zero-order valence-corrected chi connectivity index (χ0v) is 22.9. The van der Waals surface area contributed by atoms with Gasteiger partial charge in [0.2, 0.25) is 0 Å². The number of halogens is 2. The van der Waals surface area contributed by atoms with E-state index in [0.717, 1.165) is 6.07 Å². The number of β-amino-alcohol motifs (C(OH)–C–C–N with tert-alkyl or cyclic N) is 1. The number of nitrogens with one attached hydrogen (secondary N) is 1. The highest BCUT2D eigenvalue weighted by atomic mass is 19.1. The molecular formula is C28H32F2N8O3. The Labute approximate surface area is 235 Å². The van der Waals surface area contributed by atoms with Gasteiger partial charge in [-0.25, -0.2) is 18.7 Å². The first-order chi connectivity index (χ1) is 19.8. The number of benzene rings is 1. The van der Waals surface area contributed by atoms with Crippen molar-refractivity contribution in [2.75, 3.05) is 36.4 Å². The van der Waals surface area contributed by atoms with E-state index in [9.17, 15) is 9.90 Å². The Bertz CT molecular complexity index is 1560. The molecule has 2 N–H and O–H groups in total. The second-order valence-corrected chi connectivity index (χ2v) is 11.0. The average Bonchev–Trinajstić information content (AvgIpc) is 3.60. The number of carbonyl (C=O) groups is 1. The maximum atomic E-state index is 15.3. The Balaban J connectivity index is 1.18. The van der Waals surface area contributed by atoms with Crippen LogP contribution >= 0.6 is 0 Å². The van der Waals surface area contributed by atoms with Crippen molar-refractivity contribution in [1.82, 2.24) is 29.6 Å². The SMILES string of the molecule is CC(C)c1noc(N2CCC(n3cc(F)c4c(Nc5ccc(C(=O)N6CCC[C@@H](O)C6)cc5F)ncnc43)CC2)n1. The van der Waals surface area contributed by atoms with Crippen LogP contribution in [0.15, 0.2) is 35.2 Å². The molecule has 6 rings (SSSR count). The Kier molecular flexibility index (Phi) is 7.28. The number of hydrogen-bond acceptors (Lipinski definition) is 9. The summed E-state index contributed by atoms with van der Waals surface area (Å²) in [6, 6.07) is 4.57. The molecule has 4 aromatic rings. The van der Waals surface area contributed by atoms with Crippen LogP contribution in [0.2, 0.25) is 0 Å². The fraction of sp³-hybridized carbons (Fsp3) is 0.464. The predicted molar refractivity (Wildman–Crippen MR) is 147 cm³/mol. The Morgan fingerprint density at radius 3 is 2.63 bits per heavy atom. The Morgan fingerprint density at radius 1 is 1.12 bits per heavy atom. The van der Waals surface area contributed by atoms with E-state index in [2.05, 4.69) is 25.4 Å². The molecule has 11 nitrogen and oxygen atoms in total. The molecular weight excluding hydrogens is 534 g/mol. The number of piperidine rings is 2. The third kappa shape index (κ3) is 5.33. The summed E-state index contributed by atoms with van der Waals surface area (Å²) in [4.78, 5) is 29.4. The molecule has 1 amide bonds. The third-order valence-electron chi connectivity index (χ3n) is 7.79. The molecule has 3 aromatic heterocycles. The van der Waals surface area contributed by atoms with Crippen LogP contribution in [0.3, 0.4) is 0 Å². The molecule has 41 heavy (non-hydrogen) atoms. The van der Waals surface area contributed by atoms with E-state index in [-0.39, 0.29) is 46.9 Å². The first-order valence-electron chi connectivity index (χ1n) is 13.9. The van der Waals surface area contributed by atoms with Gasteiger partial charge in [-0.2, -0.15) is 4.98 Å². The number of rotatable bonds is 6. The Morgan fingerprint density at radius 2 is 1.93 bits per heavy atom. The van der Waals surface area contributed by atoms with E-state index in [1.165, 1.54) is 29.6 Å². The molecule has 1 atom stereocenters. The lowest BCUT2D eigenvalue weighted by molar-refractivity contribution is 0.0473. The van der Waals surface area contributed by atoms with Gasteiger partial charge >= 0.3 is 6.01 Å². The first-order valence-corrected chi connectivity index (χ1v) is 13.9. The van der Waals surface area contributed by atoms with Gasteiger partial charge in [0, 0.05) is 49.9 Å². The van der Waals surface area contributed by atoms with Crippen molar-refractivity contribution in [3.63, 3.8) is 0 Å². The largest absolute Gasteiger partial charge is 0.391 e. The molecule has 0 radical (unpaired) electrons. The topological polar surface area (TPSA) is 125 Å². The average molecular weight is 567 g/mol. The van der Waals surface area contributed by atoms with Gasteiger partial charge in [-0.05, 0) is 43.9 Å². The van der Waals surface area contributed by atoms with E-state index in [1.807, 2.05) is 23.3 Å². The van der Waals surface area contributed by atoms with Crippen LogP contribution in [0.1, 0.15) is 67.7 Å². The summed E-state index contributed by atoms with van der Waals surface area (Å²) < 4.78 is 37.7. The van der Waals surface area contributed by atoms with Crippen molar-refractivity contribution in [3.8, 4) is 0 Å². The lowest BCUT2D eigenvalue weighted by atomic mass is 10.1. The minimum absolute atomic E-state index is 0.0103. The molecule has 0 aliphatic carbocycles. The van der Waals surface area contributed by atoms with Crippen molar-refractivity contribution in [1.29, 1.82) is 0 Å². The summed E-state index contributed by atoms with van der Waals surface area (Å²) in [6.07, 6.45) is 4.93. The van der Waals surface area contributed by atoms with Crippen LogP contribution < -0.4 is 10.2 Å². The first kappa shape index (κ1) is 27.1. The highest BCUT2D eigenvalue weighted by Crippen LogP contribution is 2.34. The monoisotopic (exact) mass is 566 g/mol. The number of aliphatic hydroxyl groups is 1. The maximum absolute atomic E-state index is 15.3. The highest BCUT2D eigenvalue weighted by Gasteiger charge is 2.28. The molecule has 13 heteroatoms. The van der Waals surface area contributed by atoms with Crippen LogP contribution in [-0.4, -0.2) is 72.9 Å². The molecule has 5 heterocycles. The molecule has 0 unspecified atom stereocenters. The number of hydrogen-bond donors (Lipinski definition) is 2. The molecule has 2 aliphatic heterocycles.